The molecular formula is C22H26N2O4. The van der Waals surface area contributed by atoms with E-state index >= 15 is 0 Å². The first-order valence-corrected chi connectivity index (χ1v) is 9.51. The molecule has 0 aliphatic heterocycles. The van der Waals surface area contributed by atoms with Gasteiger partial charge in [0.05, 0.1) is 0 Å². The van der Waals surface area contributed by atoms with Crippen LogP contribution < -0.4 is 11.5 Å². The van der Waals surface area contributed by atoms with Crippen molar-refractivity contribution in [1.29, 1.82) is 0 Å². The first-order valence-electron chi connectivity index (χ1n) is 9.51. The van der Waals surface area contributed by atoms with Crippen molar-refractivity contribution in [1.82, 2.24) is 0 Å². The summed E-state index contributed by atoms with van der Waals surface area (Å²) < 4.78 is 11.2. The van der Waals surface area contributed by atoms with Crippen LogP contribution in [0.1, 0.15) is 30.4 Å². The van der Waals surface area contributed by atoms with E-state index in [9.17, 15) is 9.59 Å². The van der Waals surface area contributed by atoms with Gasteiger partial charge in [-0.3, -0.25) is 0 Å². The highest BCUT2D eigenvalue weighted by atomic mass is 16.6. The molecule has 3 rings (SSSR count). The van der Waals surface area contributed by atoms with Gasteiger partial charge in [0.2, 0.25) is 0 Å². The lowest BCUT2D eigenvalue weighted by Crippen LogP contribution is -2.55. The lowest BCUT2D eigenvalue weighted by Gasteiger charge is -2.46. The minimum absolute atomic E-state index is 0.260. The van der Waals surface area contributed by atoms with E-state index in [0.29, 0.717) is 25.7 Å². The van der Waals surface area contributed by atoms with Gasteiger partial charge in [-0.25, -0.2) is 9.59 Å². The van der Waals surface area contributed by atoms with E-state index in [2.05, 4.69) is 0 Å². The van der Waals surface area contributed by atoms with Crippen molar-refractivity contribution < 1.29 is 19.1 Å². The van der Waals surface area contributed by atoms with Crippen LogP contribution in [0.4, 0.5) is 9.59 Å². The molecule has 148 valence electrons. The summed E-state index contributed by atoms with van der Waals surface area (Å²) in [4.78, 5) is 23.4. The molecule has 2 aromatic carbocycles. The van der Waals surface area contributed by atoms with Gasteiger partial charge in [-0.2, -0.15) is 0 Å². The Bertz CT molecular complexity index is 797. The third kappa shape index (κ3) is 4.82. The van der Waals surface area contributed by atoms with E-state index < -0.39 is 23.9 Å². The molecule has 4 N–H and O–H groups in total. The fraction of sp³-hybridized carbons (Fsp3) is 0.364. The van der Waals surface area contributed by atoms with E-state index in [1.54, 1.807) is 0 Å². The summed E-state index contributed by atoms with van der Waals surface area (Å²) in [5.41, 5.74) is 12.0. The van der Waals surface area contributed by atoms with Gasteiger partial charge in [-0.1, -0.05) is 60.7 Å². The number of nitrogens with two attached hydrogens (primary N) is 2. The van der Waals surface area contributed by atoms with Crippen LogP contribution in [-0.2, 0) is 22.3 Å². The van der Waals surface area contributed by atoms with Crippen LogP contribution >= 0.6 is 0 Å². The molecule has 0 bridgehead atoms. The van der Waals surface area contributed by atoms with Crippen molar-refractivity contribution in [2.45, 2.75) is 43.8 Å². The average Bonchev–Trinajstić information content (AvgIpc) is 2.65. The quantitative estimate of drug-likeness (QED) is 0.797. The van der Waals surface area contributed by atoms with E-state index in [1.807, 2.05) is 60.7 Å². The Labute approximate surface area is 164 Å². The number of rotatable bonds is 6. The zero-order valence-electron chi connectivity index (χ0n) is 15.8. The van der Waals surface area contributed by atoms with E-state index in [-0.39, 0.29) is 5.92 Å². The normalized spacial score (nSPS) is 24.3. The summed E-state index contributed by atoms with van der Waals surface area (Å²) >= 11 is 0. The van der Waals surface area contributed by atoms with Crippen LogP contribution in [0.5, 0.6) is 0 Å². The number of carbonyl (C=O) groups excluding carboxylic acids is 2. The SMILES string of the molecule is NC(=O)O[C@H]1CCC[C@](Cc2ccccc2)(OC(N)=O)C1Cc1ccccc1. The second-order valence-electron chi connectivity index (χ2n) is 7.31. The Morgan fingerprint density at radius 2 is 1.54 bits per heavy atom. The van der Waals surface area contributed by atoms with Gasteiger partial charge in [-0.15, -0.1) is 0 Å². The van der Waals surface area contributed by atoms with Crippen LogP contribution in [0.3, 0.4) is 0 Å². The molecule has 0 radical (unpaired) electrons. The molecule has 0 aromatic heterocycles. The van der Waals surface area contributed by atoms with Gasteiger partial charge in [-0.05, 0) is 36.8 Å². The van der Waals surface area contributed by atoms with E-state index in [4.69, 9.17) is 20.9 Å². The first kappa shape index (κ1) is 19.7. The molecule has 28 heavy (non-hydrogen) atoms. The number of carbonyl (C=O) groups is 2. The second-order valence-corrected chi connectivity index (χ2v) is 7.31. The van der Waals surface area contributed by atoms with Crippen LogP contribution in [0.15, 0.2) is 60.7 Å². The molecule has 0 spiro atoms. The molecule has 1 aliphatic carbocycles. The third-order valence-corrected chi connectivity index (χ3v) is 5.43. The maximum Gasteiger partial charge on any atom is 0.405 e. The first-order chi connectivity index (χ1) is 13.5. The van der Waals surface area contributed by atoms with Crippen LogP contribution in [-0.4, -0.2) is 23.9 Å². The average molecular weight is 382 g/mol. The summed E-state index contributed by atoms with van der Waals surface area (Å²) in [6.45, 7) is 0. The smallest absolute Gasteiger partial charge is 0.405 e. The number of ether oxygens (including phenoxy) is 2. The Balaban J connectivity index is 2.00. The molecular weight excluding hydrogens is 356 g/mol. The Morgan fingerprint density at radius 3 is 2.11 bits per heavy atom. The largest absolute Gasteiger partial charge is 0.446 e. The molecule has 0 saturated heterocycles. The zero-order chi connectivity index (χ0) is 20.0. The van der Waals surface area contributed by atoms with Gasteiger partial charge < -0.3 is 20.9 Å². The summed E-state index contributed by atoms with van der Waals surface area (Å²) in [5.74, 6) is -0.260. The molecule has 1 fully saturated rings. The molecule has 0 heterocycles. The van der Waals surface area contributed by atoms with Crippen molar-refractivity contribution in [3.8, 4) is 0 Å². The molecule has 6 nitrogen and oxygen atoms in total. The maximum atomic E-state index is 11.9. The van der Waals surface area contributed by atoms with Crippen LogP contribution in [0.25, 0.3) is 0 Å². The van der Waals surface area contributed by atoms with Gasteiger partial charge in [0.25, 0.3) is 0 Å². The lowest BCUT2D eigenvalue weighted by atomic mass is 9.68. The topological polar surface area (TPSA) is 105 Å². The van der Waals surface area contributed by atoms with E-state index in [1.165, 1.54) is 0 Å². The Morgan fingerprint density at radius 1 is 0.929 bits per heavy atom. The highest BCUT2D eigenvalue weighted by Gasteiger charge is 2.50. The summed E-state index contributed by atoms with van der Waals surface area (Å²) in [5, 5.41) is 0. The molecule has 1 unspecified atom stereocenters. The standard InChI is InChI=1S/C22H26N2O4/c23-20(25)27-19-12-7-13-22(28-21(24)26,15-17-10-5-2-6-11-17)18(19)14-16-8-3-1-4-9-16/h1-6,8-11,18-19H,7,12-15H2,(H2,23,25)(H2,24,26)/t18?,19-,22+/m0/s1. The molecule has 3 atom stereocenters. The van der Waals surface area contributed by atoms with E-state index in [0.717, 1.165) is 17.5 Å². The number of amides is 2. The van der Waals surface area contributed by atoms with Gasteiger partial charge >= 0.3 is 12.2 Å². The van der Waals surface area contributed by atoms with Gasteiger partial charge in [0, 0.05) is 12.3 Å². The number of hydrogen-bond donors (Lipinski definition) is 2. The van der Waals surface area contributed by atoms with Gasteiger partial charge in [0.1, 0.15) is 11.7 Å². The van der Waals surface area contributed by atoms with Crippen LogP contribution in [0.2, 0.25) is 0 Å². The monoisotopic (exact) mass is 382 g/mol. The summed E-state index contributed by atoms with van der Waals surface area (Å²) in [7, 11) is 0. The molecule has 1 saturated carbocycles. The lowest BCUT2D eigenvalue weighted by molar-refractivity contribution is -0.106. The van der Waals surface area contributed by atoms with Crippen molar-refractivity contribution in [2.75, 3.05) is 0 Å². The minimum Gasteiger partial charge on any atom is -0.446 e. The maximum absolute atomic E-state index is 11.9. The summed E-state index contributed by atoms with van der Waals surface area (Å²) in [6.07, 6.45) is 1.02. The minimum atomic E-state index is -0.874. The highest BCUT2D eigenvalue weighted by molar-refractivity contribution is 5.66. The zero-order valence-corrected chi connectivity index (χ0v) is 15.8. The number of hydrogen-bond acceptors (Lipinski definition) is 4. The molecule has 2 amide bonds. The second kappa shape index (κ2) is 8.78. The highest BCUT2D eigenvalue weighted by Crippen LogP contribution is 2.43. The van der Waals surface area contributed by atoms with Crippen molar-refractivity contribution in [2.24, 2.45) is 17.4 Å². The predicted octanol–water partition coefficient (Wildman–Crippen LogP) is 3.57. The molecule has 6 heteroatoms. The summed E-state index contributed by atoms with van der Waals surface area (Å²) in [6, 6.07) is 19.7. The fourth-order valence-electron chi connectivity index (χ4n) is 4.33. The van der Waals surface area contributed by atoms with Crippen molar-refractivity contribution in [3.63, 3.8) is 0 Å². The molecule has 1 aliphatic rings. The Kier molecular flexibility index (Phi) is 6.19. The fourth-order valence-corrected chi connectivity index (χ4v) is 4.33. The van der Waals surface area contributed by atoms with Crippen molar-refractivity contribution >= 4 is 12.2 Å². The predicted molar refractivity (Wildman–Crippen MR) is 105 cm³/mol. The Hall–Kier alpha value is -3.02. The van der Waals surface area contributed by atoms with Crippen LogP contribution in [0, 0.1) is 5.92 Å². The number of primary amides is 2. The van der Waals surface area contributed by atoms with Crippen molar-refractivity contribution in [3.05, 3.63) is 71.8 Å². The number of benzene rings is 2. The third-order valence-electron chi connectivity index (χ3n) is 5.43. The molecule has 2 aromatic rings. The van der Waals surface area contributed by atoms with Gasteiger partial charge in [0.15, 0.2) is 0 Å².